The minimum atomic E-state index is -0.992. The molecule has 2 amide bonds. The molecule has 1 fully saturated rings. The Morgan fingerprint density at radius 1 is 1.29 bits per heavy atom. The number of anilines is 1. The van der Waals surface area contributed by atoms with Crippen molar-refractivity contribution in [1.29, 1.82) is 0 Å². The minimum absolute atomic E-state index is 0.143. The first-order valence-electron chi connectivity index (χ1n) is 7.40. The lowest BCUT2D eigenvalue weighted by Crippen LogP contribution is -2.41. The van der Waals surface area contributed by atoms with E-state index in [-0.39, 0.29) is 17.6 Å². The van der Waals surface area contributed by atoms with Gasteiger partial charge in [-0.1, -0.05) is 18.9 Å². The standard InChI is InChI=1S/C16H22N2O3/c1-11-7-8-13(15(19)20)10-14(11)17-16(21)18-9-5-3-4-6-12(18)2/h7-8,10,12H,3-6,9H2,1-2H3,(H,17,21)(H,19,20). The van der Waals surface area contributed by atoms with Crippen LogP contribution in [0.3, 0.4) is 0 Å². The summed E-state index contributed by atoms with van der Waals surface area (Å²) in [5.41, 5.74) is 1.60. The van der Waals surface area contributed by atoms with E-state index in [0.717, 1.165) is 37.8 Å². The smallest absolute Gasteiger partial charge is 0.335 e. The second kappa shape index (κ2) is 6.61. The fourth-order valence-electron chi connectivity index (χ4n) is 2.65. The summed E-state index contributed by atoms with van der Waals surface area (Å²) in [5, 5.41) is 11.9. The number of benzene rings is 1. The zero-order valence-electron chi connectivity index (χ0n) is 12.6. The first kappa shape index (κ1) is 15.4. The highest BCUT2D eigenvalue weighted by molar-refractivity contribution is 5.94. The number of carboxylic acid groups (broad SMARTS) is 1. The van der Waals surface area contributed by atoms with Crippen molar-refractivity contribution < 1.29 is 14.7 Å². The van der Waals surface area contributed by atoms with Gasteiger partial charge < -0.3 is 15.3 Å². The number of hydrogen-bond donors (Lipinski definition) is 2. The number of hydrogen-bond acceptors (Lipinski definition) is 2. The molecule has 1 unspecified atom stereocenters. The van der Waals surface area contributed by atoms with Gasteiger partial charge in [0.1, 0.15) is 0 Å². The molecule has 2 N–H and O–H groups in total. The fraction of sp³-hybridized carbons (Fsp3) is 0.500. The highest BCUT2D eigenvalue weighted by Gasteiger charge is 2.22. The van der Waals surface area contributed by atoms with Crippen LogP contribution in [-0.2, 0) is 0 Å². The molecule has 2 rings (SSSR count). The number of urea groups is 1. The van der Waals surface area contributed by atoms with Crippen molar-refractivity contribution >= 4 is 17.7 Å². The summed E-state index contributed by atoms with van der Waals surface area (Å²) in [7, 11) is 0. The predicted octanol–water partition coefficient (Wildman–Crippen LogP) is 3.49. The summed E-state index contributed by atoms with van der Waals surface area (Å²) >= 11 is 0. The summed E-state index contributed by atoms with van der Waals surface area (Å²) < 4.78 is 0. The Bertz CT molecular complexity index is 542. The number of aromatic carboxylic acids is 1. The topological polar surface area (TPSA) is 69.6 Å². The monoisotopic (exact) mass is 290 g/mol. The van der Waals surface area contributed by atoms with Crippen molar-refractivity contribution in [1.82, 2.24) is 4.90 Å². The van der Waals surface area contributed by atoms with Crippen LogP contribution in [0, 0.1) is 6.92 Å². The van der Waals surface area contributed by atoms with E-state index in [2.05, 4.69) is 12.2 Å². The number of carboxylic acids is 1. The molecule has 1 heterocycles. The maximum absolute atomic E-state index is 12.4. The number of aryl methyl sites for hydroxylation is 1. The minimum Gasteiger partial charge on any atom is -0.478 e. The van der Waals surface area contributed by atoms with Crippen LogP contribution >= 0.6 is 0 Å². The van der Waals surface area contributed by atoms with E-state index in [4.69, 9.17) is 5.11 Å². The summed E-state index contributed by atoms with van der Waals surface area (Å²) in [6.07, 6.45) is 4.34. The number of nitrogens with one attached hydrogen (secondary N) is 1. The molecule has 1 aliphatic heterocycles. The number of carbonyl (C=O) groups excluding carboxylic acids is 1. The van der Waals surface area contributed by atoms with Crippen LogP contribution in [0.25, 0.3) is 0 Å². The average Bonchev–Trinajstić information content (AvgIpc) is 2.65. The lowest BCUT2D eigenvalue weighted by Gasteiger charge is -2.27. The first-order valence-corrected chi connectivity index (χ1v) is 7.40. The van der Waals surface area contributed by atoms with Crippen LogP contribution in [0.5, 0.6) is 0 Å². The van der Waals surface area contributed by atoms with E-state index in [9.17, 15) is 9.59 Å². The summed E-state index contributed by atoms with van der Waals surface area (Å²) in [4.78, 5) is 25.3. The summed E-state index contributed by atoms with van der Waals surface area (Å²) in [6.45, 7) is 4.67. The molecule has 0 aromatic heterocycles. The Morgan fingerprint density at radius 3 is 2.76 bits per heavy atom. The second-order valence-electron chi connectivity index (χ2n) is 5.66. The van der Waals surface area contributed by atoms with Crippen LogP contribution in [0.15, 0.2) is 18.2 Å². The first-order chi connectivity index (χ1) is 9.99. The predicted molar refractivity (Wildman–Crippen MR) is 81.8 cm³/mol. The van der Waals surface area contributed by atoms with Gasteiger partial charge in [-0.2, -0.15) is 0 Å². The van der Waals surface area contributed by atoms with Crippen LogP contribution < -0.4 is 5.32 Å². The molecule has 0 radical (unpaired) electrons. The van der Waals surface area contributed by atoms with Crippen LogP contribution in [0.2, 0.25) is 0 Å². The molecule has 1 atom stereocenters. The van der Waals surface area contributed by atoms with Gasteiger partial charge in [-0.05, 0) is 44.4 Å². The van der Waals surface area contributed by atoms with Gasteiger partial charge in [0.2, 0.25) is 0 Å². The third-order valence-electron chi connectivity index (χ3n) is 4.04. The van der Waals surface area contributed by atoms with Gasteiger partial charge in [0.25, 0.3) is 0 Å². The van der Waals surface area contributed by atoms with Crippen molar-refractivity contribution in [3.63, 3.8) is 0 Å². The maximum atomic E-state index is 12.4. The molecular weight excluding hydrogens is 268 g/mol. The van der Waals surface area contributed by atoms with Gasteiger partial charge in [0.15, 0.2) is 0 Å². The fourth-order valence-corrected chi connectivity index (χ4v) is 2.65. The van der Waals surface area contributed by atoms with Crippen molar-refractivity contribution in [2.24, 2.45) is 0 Å². The van der Waals surface area contributed by atoms with Gasteiger partial charge in [-0.25, -0.2) is 9.59 Å². The van der Waals surface area contributed by atoms with Gasteiger partial charge in [-0.3, -0.25) is 0 Å². The molecule has 1 aromatic carbocycles. The normalized spacial score (nSPS) is 19.0. The van der Waals surface area contributed by atoms with Crippen molar-refractivity contribution in [2.45, 2.75) is 45.6 Å². The van der Waals surface area contributed by atoms with E-state index < -0.39 is 5.97 Å². The zero-order valence-corrected chi connectivity index (χ0v) is 12.6. The molecule has 0 saturated carbocycles. The second-order valence-corrected chi connectivity index (χ2v) is 5.66. The van der Waals surface area contributed by atoms with Gasteiger partial charge in [0.05, 0.1) is 5.56 Å². The Labute approximate surface area is 125 Å². The van der Waals surface area contributed by atoms with Crippen LogP contribution in [-0.4, -0.2) is 34.6 Å². The Balaban J connectivity index is 2.14. The van der Waals surface area contributed by atoms with Crippen molar-refractivity contribution in [2.75, 3.05) is 11.9 Å². The number of rotatable bonds is 2. The number of carbonyl (C=O) groups is 2. The van der Waals surface area contributed by atoms with Gasteiger partial charge in [0, 0.05) is 18.3 Å². The molecular formula is C16H22N2O3. The molecule has 0 spiro atoms. The van der Waals surface area contributed by atoms with E-state index in [1.54, 1.807) is 12.1 Å². The lowest BCUT2D eigenvalue weighted by atomic mass is 10.1. The van der Waals surface area contributed by atoms with Crippen LogP contribution in [0.4, 0.5) is 10.5 Å². The third kappa shape index (κ3) is 3.74. The quantitative estimate of drug-likeness (QED) is 0.876. The van der Waals surface area contributed by atoms with E-state index in [0.29, 0.717) is 5.69 Å². The van der Waals surface area contributed by atoms with Gasteiger partial charge >= 0.3 is 12.0 Å². The highest BCUT2D eigenvalue weighted by Crippen LogP contribution is 2.21. The average molecular weight is 290 g/mol. The SMILES string of the molecule is Cc1ccc(C(=O)O)cc1NC(=O)N1CCCCCC1C. The zero-order chi connectivity index (χ0) is 15.4. The third-order valence-corrected chi connectivity index (χ3v) is 4.04. The van der Waals surface area contributed by atoms with Crippen molar-refractivity contribution in [3.8, 4) is 0 Å². The molecule has 1 aliphatic rings. The van der Waals surface area contributed by atoms with Crippen LogP contribution in [0.1, 0.15) is 48.5 Å². The summed E-state index contributed by atoms with van der Waals surface area (Å²) in [5.74, 6) is -0.992. The molecule has 0 bridgehead atoms. The number of likely N-dealkylation sites (tertiary alicyclic amines) is 1. The van der Waals surface area contributed by atoms with Gasteiger partial charge in [-0.15, -0.1) is 0 Å². The molecule has 0 aliphatic carbocycles. The lowest BCUT2D eigenvalue weighted by molar-refractivity contribution is 0.0697. The highest BCUT2D eigenvalue weighted by atomic mass is 16.4. The molecule has 114 valence electrons. The summed E-state index contributed by atoms with van der Waals surface area (Å²) in [6, 6.07) is 4.84. The number of nitrogens with zero attached hydrogens (tertiary/aromatic N) is 1. The largest absolute Gasteiger partial charge is 0.478 e. The molecule has 1 aromatic rings. The van der Waals surface area contributed by atoms with E-state index >= 15 is 0 Å². The maximum Gasteiger partial charge on any atom is 0.335 e. The Hall–Kier alpha value is -2.04. The van der Waals surface area contributed by atoms with E-state index in [1.165, 1.54) is 6.07 Å². The Morgan fingerprint density at radius 2 is 2.05 bits per heavy atom. The van der Waals surface area contributed by atoms with Crippen molar-refractivity contribution in [3.05, 3.63) is 29.3 Å². The number of amides is 2. The molecule has 21 heavy (non-hydrogen) atoms. The van der Waals surface area contributed by atoms with E-state index in [1.807, 2.05) is 11.8 Å². The Kier molecular flexibility index (Phi) is 4.83. The molecule has 1 saturated heterocycles. The molecule has 5 nitrogen and oxygen atoms in total. The molecule has 5 heteroatoms.